The zero-order chi connectivity index (χ0) is 13.0. The number of nitrogens with zero attached hydrogens (tertiary/aromatic N) is 1. The van der Waals surface area contributed by atoms with Gasteiger partial charge in [0.2, 0.25) is 0 Å². The number of rotatable bonds is 5. The SMILES string of the molecule is CN(CC(O)CC1CCCC1)C1CCC(=O)CC1. The average molecular weight is 253 g/mol. The lowest BCUT2D eigenvalue weighted by Gasteiger charge is -2.32. The lowest BCUT2D eigenvalue weighted by Crippen LogP contribution is -2.40. The summed E-state index contributed by atoms with van der Waals surface area (Å²) < 4.78 is 0. The first-order valence-electron chi connectivity index (χ1n) is 7.55. The van der Waals surface area contributed by atoms with Gasteiger partial charge in [0.15, 0.2) is 0 Å². The van der Waals surface area contributed by atoms with Gasteiger partial charge in [0.05, 0.1) is 6.10 Å². The number of carbonyl (C=O) groups excluding carboxylic acids is 1. The maximum Gasteiger partial charge on any atom is 0.133 e. The molecule has 104 valence electrons. The zero-order valence-electron chi connectivity index (χ0n) is 11.6. The molecule has 0 amide bonds. The van der Waals surface area contributed by atoms with Crippen molar-refractivity contribution < 1.29 is 9.90 Å². The summed E-state index contributed by atoms with van der Waals surface area (Å²) in [6.07, 6.45) is 9.50. The van der Waals surface area contributed by atoms with Gasteiger partial charge < -0.3 is 10.0 Å². The van der Waals surface area contributed by atoms with Gasteiger partial charge in [0, 0.05) is 25.4 Å². The Morgan fingerprint density at radius 2 is 1.83 bits per heavy atom. The Balaban J connectivity index is 1.69. The van der Waals surface area contributed by atoms with Crippen LogP contribution >= 0.6 is 0 Å². The third kappa shape index (κ3) is 4.06. The first-order chi connectivity index (χ1) is 8.65. The van der Waals surface area contributed by atoms with Crippen molar-refractivity contribution in [2.75, 3.05) is 13.6 Å². The molecule has 0 aromatic carbocycles. The highest BCUT2D eigenvalue weighted by molar-refractivity contribution is 5.79. The molecule has 3 nitrogen and oxygen atoms in total. The molecule has 1 N–H and O–H groups in total. The number of likely N-dealkylation sites (N-methyl/N-ethyl adjacent to an activating group) is 1. The first-order valence-corrected chi connectivity index (χ1v) is 7.55. The molecule has 0 heterocycles. The Hall–Kier alpha value is -0.410. The van der Waals surface area contributed by atoms with E-state index in [2.05, 4.69) is 11.9 Å². The van der Waals surface area contributed by atoms with E-state index in [1.54, 1.807) is 0 Å². The van der Waals surface area contributed by atoms with E-state index in [1.807, 2.05) is 0 Å². The third-order valence-corrected chi connectivity index (χ3v) is 4.72. The highest BCUT2D eigenvalue weighted by atomic mass is 16.3. The van der Waals surface area contributed by atoms with Crippen molar-refractivity contribution in [2.45, 2.75) is 69.9 Å². The highest BCUT2D eigenvalue weighted by Gasteiger charge is 2.25. The lowest BCUT2D eigenvalue weighted by molar-refractivity contribution is -0.121. The molecule has 0 aromatic rings. The van der Waals surface area contributed by atoms with Gasteiger partial charge in [-0.3, -0.25) is 4.79 Å². The summed E-state index contributed by atoms with van der Waals surface area (Å²) in [5, 5.41) is 10.2. The Morgan fingerprint density at radius 3 is 2.44 bits per heavy atom. The van der Waals surface area contributed by atoms with E-state index in [9.17, 15) is 9.90 Å². The number of carbonyl (C=O) groups is 1. The number of aliphatic hydroxyl groups is 1. The van der Waals surface area contributed by atoms with Crippen LogP contribution in [0.15, 0.2) is 0 Å². The smallest absolute Gasteiger partial charge is 0.133 e. The number of hydrogen-bond acceptors (Lipinski definition) is 3. The van der Waals surface area contributed by atoms with Gasteiger partial charge in [0.1, 0.15) is 5.78 Å². The van der Waals surface area contributed by atoms with Crippen molar-refractivity contribution in [1.82, 2.24) is 4.90 Å². The minimum absolute atomic E-state index is 0.185. The Bertz CT molecular complexity index is 264. The van der Waals surface area contributed by atoms with E-state index < -0.39 is 0 Å². The number of aliphatic hydroxyl groups excluding tert-OH is 1. The van der Waals surface area contributed by atoms with E-state index in [4.69, 9.17) is 0 Å². The molecule has 0 aromatic heterocycles. The molecular formula is C15H27NO2. The fourth-order valence-corrected chi connectivity index (χ4v) is 3.55. The van der Waals surface area contributed by atoms with E-state index in [0.29, 0.717) is 11.8 Å². The fourth-order valence-electron chi connectivity index (χ4n) is 3.55. The topological polar surface area (TPSA) is 40.5 Å². The largest absolute Gasteiger partial charge is 0.392 e. The van der Waals surface area contributed by atoms with Crippen LogP contribution in [0.25, 0.3) is 0 Å². The minimum atomic E-state index is -0.185. The van der Waals surface area contributed by atoms with Gasteiger partial charge in [-0.25, -0.2) is 0 Å². The molecule has 2 rings (SSSR count). The summed E-state index contributed by atoms with van der Waals surface area (Å²) in [7, 11) is 2.10. The van der Waals surface area contributed by atoms with Crippen LogP contribution in [0.3, 0.4) is 0 Å². The lowest BCUT2D eigenvalue weighted by atomic mass is 9.92. The average Bonchev–Trinajstić information content (AvgIpc) is 2.82. The number of Topliss-reactive ketones (excluding diaryl/α,β-unsaturated/α-hetero) is 1. The molecule has 0 aliphatic heterocycles. The van der Waals surface area contributed by atoms with Crippen LogP contribution in [0.1, 0.15) is 57.8 Å². The van der Waals surface area contributed by atoms with Crippen molar-refractivity contribution in [2.24, 2.45) is 5.92 Å². The maximum atomic E-state index is 11.2. The van der Waals surface area contributed by atoms with Gasteiger partial charge in [0.25, 0.3) is 0 Å². The van der Waals surface area contributed by atoms with Gasteiger partial charge in [-0.2, -0.15) is 0 Å². The predicted molar refractivity (Wildman–Crippen MR) is 72.5 cm³/mol. The molecule has 0 spiro atoms. The zero-order valence-corrected chi connectivity index (χ0v) is 11.6. The standard InChI is InChI=1S/C15H27NO2/c1-16(13-6-8-14(17)9-7-13)11-15(18)10-12-4-2-3-5-12/h12-13,15,18H,2-11H2,1H3. The second kappa shape index (κ2) is 6.67. The molecule has 2 saturated carbocycles. The summed E-state index contributed by atoms with van der Waals surface area (Å²) in [5.41, 5.74) is 0. The number of hydrogen-bond donors (Lipinski definition) is 1. The molecular weight excluding hydrogens is 226 g/mol. The molecule has 0 saturated heterocycles. The molecule has 3 heteroatoms. The fraction of sp³-hybridized carbons (Fsp3) is 0.933. The van der Waals surface area contributed by atoms with Crippen molar-refractivity contribution in [1.29, 1.82) is 0 Å². The van der Waals surface area contributed by atoms with E-state index in [1.165, 1.54) is 25.7 Å². The summed E-state index contributed by atoms with van der Waals surface area (Å²) in [6, 6.07) is 0.501. The Morgan fingerprint density at radius 1 is 1.22 bits per heavy atom. The molecule has 1 atom stereocenters. The number of ketones is 1. The second-order valence-corrected chi connectivity index (χ2v) is 6.25. The Kier molecular flexibility index (Phi) is 5.19. The van der Waals surface area contributed by atoms with Crippen LogP contribution < -0.4 is 0 Å². The minimum Gasteiger partial charge on any atom is -0.392 e. The molecule has 0 bridgehead atoms. The van der Waals surface area contributed by atoms with Gasteiger partial charge >= 0.3 is 0 Å². The van der Waals surface area contributed by atoms with Gasteiger partial charge in [-0.05, 0) is 32.2 Å². The van der Waals surface area contributed by atoms with Gasteiger partial charge in [-0.15, -0.1) is 0 Å². The summed E-state index contributed by atoms with van der Waals surface area (Å²) in [6.45, 7) is 0.773. The monoisotopic (exact) mass is 253 g/mol. The summed E-state index contributed by atoms with van der Waals surface area (Å²) >= 11 is 0. The molecule has 2 fully saturated rings. The molecule has 2 aliphatic rings. The molecule has 2 aliphatic carbocycles. The summed E-state index contributed by atoms with van der Waals surface area (Å²) in [5.74, 6) is 1.16. The van der Waals surface area contributed by atoms with E-state index >= 15 is 0 Å². The van der Waals surface area contributed by atoms with E-state index in [0.717, 1.165) is 44.6 Å². The Labute approximate surface area is 111 Å². The van der Waals surface area contributed by atoms with Crippen LogP contribution in [-0.2, 0) is 4.79 Å². The van der Waals surface area contributed by atoms with Crippen molar-refractivity contribution in [3.8, 4) is 0 Å². The van der Waals surface area contributed by atoms with Crippen molar-refractivity contribution >= 4 is 5.78 Å². The van der Waals surface area contributed by atoms with Crippen LogP contribution in [0.5, 0.6) is 0 Å². The van der Waals surface area contributed by atoms with Crippen LogP contribution in [0, 0.1) is 5.92 Å². The molecule has 18 heavy (non-hydrogen) atoms. The van der Waals surface area contributed by atoms with E-state index in [-0.39, 0.29) is 6.10 Å². The maximum absolute atomic E-state index is 11.2. The highest BCUT2D eigenvalue weighted by Crippen LogP contribution is 2.29. The molecule has 0 radical (unpaired) electrons. The quantitative estimate of drug-likeness (QED) is 0.818. The normalized spacial score (nSPS) is 24.9. The van der Waals surface area contributed by atoms with Crippen LogP contribution in [0.4, 0.5) is 0 Å². The first kappa shape index (κ1) is 14.0. The van der Waals surface area contributed by atoms with Crippen LogP contribution in [-0.4, -0.2) is 41.5 Å². The van der Waals surface area contributed by atoms with Crippen molar-refractivity contribution in [3.63, 3.8) is 0 Å². The summed E-state index contributed by atoms with van der Waals surface area (Å²) in [4.78, 5) is 13.5. The molecule has 1 unspecified atom stereocenters. The predicted octanol–water partition coefficient (Wildman–Crippen LogP) is 2.37. The second-order valence-electron chi connectivity index (χ2n) is 6.25. The van der Waals surface area contributed by atoms with Crippen molar-refractivity contribution in [3.05, 3.63) is 0 Å². The van der Waals surface area contributed by atoms with Gasteiger partial charge in [-0.1, -0.05) is 25.7 Å². The van der Waals surface area contributed by atoms with Crippen LogP contribution in [0.2, 0.25) is 0 Å². The third-order valence-electron chi connectivity index (χ3n) is 4.72.